The van der Waals surface area contributed by atoms with E-state index < -0.39 is 31.6 Å². The first kappa shape index (κ1) is 20.9. The lowest BCUT2D eigenvalue weighted by atomic mass is 10.1. The van der Waals surface area contributed by atoms with Crippen LogP contribution in [0.5, 0.6) is 0 Å². The van der Waals surface area contributed by atoms with Gasteiger partial charge in [0.05, 0.1) is 26.7 Å². The van der Waals surface area contributed by atoms with E-state index in [2.05, 4.69) is 9.82 Å². The lowest BCUT2D eigenvalue weighted by Crippen LogP contribution is -2.16. The largest absolute Gasteiger partial charge is 0.416 e. The topological polar surface area (TPSA) is 98.1 Å². The van der Waals surface area contributed by atoms with Gasteiger partial charge in [-0.25, -0.2) is 21.5 Å². The summed E-state index contributed by atoms with van der Waals surface area (Å²) in [5.41, 5.74) is -1.30. The molecule has 0 saturated carbocycles. The molecule has 0 aliphatic heterocycles. The summed E-state index contributed by atoms with van der Waals surface area (Å²) >= 11 is 0. The van der Waals surface area contributed by atoms with Crippen molar-refractivity contribution in [1.82, 2.24) is 9.78 Å². The van der Waals surface area contributed by atoms with E-state index in [1.165, 1.54) is 23.1 Å². The molecule has 0 fully saturated rings. The van der Waals surface area contributed by atoms with Gasteiger partial charge in [0.25, 0.3) is 10.0 Å². The van der Waals surface area contributed by atoms with E-state index in [0.29, 0.717) is 6.07 Å². The predicted octanol–water partition coefficient (Wildman–Crippen LogP) is 3.10. The van der Waals surface area contributed by atoms with Gasteiger partial charge in [-0.3, -0.25) is 4.72 Å². The number of hydrogen-bond acceptors (Lipinski definition) is 5. The number of nitrogens with one attached hydrogen (secondary N) is 1. The van der Waals surface area contributed by atoms with E-state index in [4.69, 9.17) is 0 Å². The van der Waals surface area contributed by atoms with E-state index in [1.807, 2.05) is 0 Å². The summed E-state index contributed by atoms with van der Waals surface area (Å²) in [6, 6.07) is 8.42. The van der Waals surface area contributed by atoms with E-state index in [-0.39, 0.29) is 21.2 Å². The van der Waals surface area contributed by atoms with Crippen molar-refractivity contribution in [2.75, 3.05) is 11.0 Å². The van der Waals surface area contributed by atoms with E-state index in [9.17, 15) is 30.0 Å². The van der Waals surface area contributed by atoms with Gasteiger partial charge in [0.2, 0.25) is 0 Å². The van der Waals surface area contributed by atoms with Crippen molar-refractivity contribution < 1.29 is 30.0 Å². The maximum absolute atomic E-state index is 13.1. The van der Waals surface area contributed by atoms with Crippen LogP contribution in [-0.2, 0) is 26.0 Å². The summed E-state index contributed by atoms with van der Waals surface area (Å²) in [4.78, 5) is -0.401. The normalized spacial score (nSPS) is 12.7. The molecular formula is C17H14F3N3O4S2. The Kier molecular flexibility index (Phi) is 5.17. The van der Waals surface area contributed by atoms with Crippen molar-refractivity contribution in [3.8, 4) is 5.69 Å². The van der Waals surface area contributed by atoms with Crippen molar-refractivity contribution in [3.05, 3.63) is 66.5 Å². The Labute approximate surface area is 164 Å². The first-order valence-electron chi connectivity index (χ1n) is 7.92. The molecule has 0 saturated heterocycles. The van der Waals surface area contributed by atoms with Gasteiger partial charge in [0.1, 0.15) is 0 Å². The van der Waals surface area contributed by atoms with Gasteiger partial charge in [-0.1, -0.05) is 0 Å². The molecule has 3 aromatic rings. The SMILES string of the molecule is CS(=O)(=O)c1ccc(S(=O)(=O)Nc2cc(C(F)(F)F)ccc2-n2cccn2)cc1. The lowest BCUT2D eigenvalue weighted by Gasteiger charge is -2.15. The zero-order valence-electron chi connectivity index (χ0n) is 14.8. The maximum atomic E-state index is 13.1. The molecule has 0 atom stereocenters. The lowest BCUT2D eigenvalue weighted by molar-refractivity contribution is -0.137. The van der Waals surface area contributed by atoms with Gasteiger partial charge in [-0.05, 0) is 48.5 Å². The van der Waals surface area contributed by atoms with Crippen LogP contribution in [0.1, 0.15) is 5.56 Å². The van der Waals surface area contributed by atoms with Crippen LogP contribution < -0.4 is 4.72 Å². The Morgan fingerprint density at radius 1 is 0.966 bits per heavy atom. The van der Waals surface area contributed by atoms with Crippen molar-refractivity contribution in [1.29, 1.82) is 0 Å². The molecule has 0 aliphatic rings. The van der Waals surface area contributed by atoms with Crippen LogP contribution in [0, 0.1) is 0 Å². The summed E-state index contributed by atoms with van der Waals surface area (Å²) in [5, 5.41) is 3.91. The molecule has 0 bridgehead atoms. The minimum atomic E-state index is -4.68. The molecule has 29 heavy (non-hydrogen) atoms. The van der Waals surface area contributed by atoms with Crippen molar-refractivity contribution in [2.24, 2.45) is 0 Å². The molecule has 2 aromatic carbocycles. The fraction of sp³-hybridized carbons (Fsp3) is 0.118. The highest BCUT2D eigenvalue weighted by molar-refractivity contribution is 7.92. The third kappa shape index (κ3) is 4.59. The molecule has 1 aromatic heterocycles. The van der Waals surface area contributed by atoms with Gasteiger partial charge < -0.3 is 0 Å². The van der Waals surface area contributed by atoms with Crippen molar-refractivity contribution in [3.63, 3.8) is 0 Å². The first-order chi connectivity index (χ1) is 13.4. The summed E-state index contributed by atoms with van der Waals surface area (Å²) in [6.45, 7) is 0. The van der Waals surface area contributed by atoms with Crippen LogP contribution in [0.3, 0.4) is 0 Å². The van der Waals surface area contributed by atoms with Gasteiger partial charge in [-0.2, -0.15) is 18.3 Å². The number of nitrogens with zero attached hydrogens (tertiary/aromatic N) is 2. The molecule has 0 unspecified atom stereocenters. The number of hydrogen-bond donors (Lipinski definition) is 1. The van der Waals surface area contributed by atoms with Crippen molar-refractivity contribution in [2.45, 2.75) is 16.0 Å². The molecule has 7 nitrogen and oxygen atoms in total. The highest BCUT2D eigenvalue weighted by Crippen LogP contribution is 2.34. The van der Waals surface area contributed by atoms with Crippen LogP contribution in [0.2, 0.25) is 0 Å². The quantitative estimate of drug-likeness (QED) is 0.651. The number of anilines is 1. The molecule has 0 aliphatic carbocycles. The second-order valence-corrected chi connectivity index (χ2v) is 9.73. The number of sulfonamides is 1. The zero-order chi connectivity index (χ0) is 21.4. The molecule has 0 spiro atoms. The Balaban J connectivity index is 2.05. The fourth-order valence-corrected chi connectivity index (χ4v) is 4.17. The Morgan fingerprint density at radius 3 is 2.10 bits per heavy atom. The maximum Gasteiger partial charge on any atom is 0.416 e. The molecule has 1 N–H and O–H groups in total. The molecule has 0 amide bonds. The van der Waals surface area contributed by atoms with Crippen molar-refractivity contribution >= 4 is 25.5 Å². The van der Waals surface area contributed by atoms with Crippen LogP contribution in [-0.4, -0.2) is 32.9 Å². The molecule has 0 radical (unpaired) electrons. The number of alkyl halides is 3. The zero-order valence-corrected chi connectivity index (χ0v) is 16.4. The standard InChI is InChI=1S/C17H14F3N3O4S2/c1-28(24,25)13-4-6-14(7-5-13)29(26,27)22-15-11-12(17(18,19)20)3-8-16(15)23-10-2-9-21-23/h2-11,22H,1H3. The number of aromatic nitrogens is 2. The van der Waals surface area contributed by atoms with E-state index in [0.717, 1.165) is 42.7 Å². The molecular weight excluding hydrogens is 431 g/mol. The molecule has 154 valence electrons. The van der Waals surface area contributed by atoms with Gasteiger partial charge in [0, 0.05) is 18.6 Å². The summed E-state index contributed by atoms with van der Waals surface area (Å²) in [6.07, 6.45) is -0.880. The van der Waals surface area contributed by atoms with E-state index in [1.54, 1.807) is 0 Å². The minimum absolute atomic E-state index is 0.0827. The Morgan fingerprint density at radius 2 is 1.59 bits per heavy atom. The van der Waals surface area contributed by atoms with Crippen LogP contribution >= 0.6 is 0 Å². The second-order valence-electron chi connectivity index (χ2n) is 6.03. The summed E-state index contributed by atoms with van der Waals surface area (Å²) in [5.74, 6) is 0. The second kappa shape index (κ2) is 7.19. The summed E-state index contributed by atoms with van der Waals surface area (Å²) in [7, 11) is -7.84. The number of sulfone groups is 1. The predicted molar refractivity (Wildman–Crippen MR) is 98.9 cm³/mol. The van der Waals surface area contributed by atoms with Gasteiger partial charge >= 0.3 is 6.18 Å². The average molecular weight is 445 g/mol. The molecule has 3 rings (SSSR count). The number of rotatable bonds is 5. The third-order valence-electron chi connectivity index (χ3n) is 3.88. The van der Waals surface area contributed by atoms with Gasteiger partial charge in [0.15, 0.2) is 9.84 Å². The minimum Gasteiger partial charge on any atom is -0.277 e. The highest BCUT2D eigenvalue weighted by Gasteiger charge is 2.32. The summed E-state index contributed by atoms with van der Waals surface area (Å²) < 4.78 is 91.0. The highest BCUT2D eigenvalue weighted by atomic mass is 32.2. The van der Waals surface area contributed by atoms with Crippen LogP contribution in [0.25, 0.3) is 5.69 Å². The van der Waals surface area contributed by atoms with Gasteiger partial charge in [-0.15, -0.1) is 0 Å². The number of benzene rings is 2. The number of halogens is 3. The first-order valence-corrected chi connectivity index (χ1v) is 11.3. The molecule has 12 heteroatoms. The third-order valence-corrected chi connectivity index (χ3v) is 6.39. The smallest absolute Gasteiger partial charge is 0.277 e. The van der Waals surface area contributed by atoms with E-state index >= 15 is 0 Å². The Bertz CT molecular complexity index is 1240. The van der Waals surface area contributed by atoms with Crippen LogP contribution in [0.15, 0.2) is 70.7 Å². The average Bonchev–Trinajstić information content (AvgIpc) is 3.14. The Hall–Kier alpha value is -2.86. The molecule has 1 heterocycles. The monoisotopic (exact) mass is 445 g/mol. The van der Waals surface area contributed by atoms with Crippen LogP contribution in [0.4, 0.5) is 18.9 Å². The fourth-order valence-electron chi connectivity index (χ4n) is 2.47.